The number of benzene rings is 2. The van der Waals surface area contributed by atoms with Crippen molar-refractivity contribution in [2.45, 2.75) is 118 Å². The Morgan fingerprint density at radius 1 is 0.761 bits per heavy atom. The molecule has 1 saturated heterocycles. The highest BCUT2D eigenvalue weighted by molar-refractivity contribution is 5.96. The average Bonchev–Trinajstić information content (AvgIpc) is 3.26. The van der Waals surface area contributed by atoms with Gasteiger partial charge in [-0.05, 0) is 108 Å². The molecular weight excluding hydrogens is 572 g/mol. The van der Waals surface area contributed by atoms with Crippen LogP contribution >= 0.6 is 0 Å². The van der Waals surface area contributed by atoms with Gasteiger partial charge in [-0.2, -0.15) is 0 Å². The molecule has 0 aromatic heterocycles. The third kappa shape index (κ3) is 11.8. The molecule has 2 aromatic carbocycles. The number of aliphatic hydroxyl groups excluding tert-OH is 1. The highest BCUT2D eigenvalue weighted by atomic mass is 16.3. The SMILES string of the molecule is CCCCC[N+](CCO)(CCCCCCCN1CCCCCC1C(=O)Nc1c(C)cccc1C)CC(=O)Nc1c(C)cccc1C. The smallest absolute Gasteiger partial charge is 0.279 e. The van der Waals surface area contributed by atoms with Gasteiger partial charge >= 0.3 is 0 Å². The summed E-state index contributed by atoms with van der Waals surface area (Å²) in [5.74, 6) is 0.179. The fraction of sp³-hybridized carbons (Fsp3) is 0.641. The fourth-order valence-corrected chi connectivity index (χ4v) is 7.22. The minimum absolute atomic E-state index is 0.0379. The number of aryl methyl sites for hydroxylation is 4. The highest BCUT2D eigenvalue weighted by Gasteiger charge is 2.30. The van der Waals surface area contributed by atoms with Crippen molar-refractivity contribution in [1.29, 1.82) is 0 Å². The van der Waals surface area contributed by atoms with Gasteiger partial charge in [-0.3, -0.25) is 14.5 Å². The third-order valence-corrected chi connectivity index (χ3v) is 10.0. The van der Waals surface area contributed by atoms with Crippen molar-refractivity contribution in [3.8, 4) is 0 Å². The van der Waals surface area contributed by atoms with E-state index in [4.69, 9.17) is 0 Å². The van der Waals surface area contributed by atoms with Crippen molar-refractivity contribution in [3.05, 3.63) is 58.7 Å². The molecule has 0 saturated carbocycles. The number of aliphatic hydroxyl groups is 1. The maximum Gasteiger partial charge on any atom is 0.279 e. The molecule has 2 unspecified atom stereocenters. The van der Waals surface area contributed by atoms with Gasteiger partial charge < -0.3 is 20.2 Å². The first-order valence-corrected chi connectivity index (χ1v) is 18.1. The summed E-state index contributed by atoms with van der Waals surface area (Å²) in [5.41, 5.74) is 6.26. The van der Waals surface area contributed by atoms with Crippen molar-refractivity contribution >= 4 is 23.2 Å². The van der Waals surface area contributed by atoms with Crippen LogP contribution in [0.4, 0.5) is 11.4 Å². The number of anilines is 2. The van der Waals surface area contributed by atoms with Crippen molar-refractivity contribution in [1.82, 2.24) is 4.90 Å². The van der Waals surface area contributed by atoms with Crippen LogP contribution in [0.2, 0.25) is 0 Å². The fourth-order valence-electron chi connectivity index (χ4n) is 7.22. The van der Waals surface area contributed by atoms with Crippen molar-refractivity contribution in [2.24, 2.45) is 0 Å². The summed E-state index contributed by atoms with van der Waals surface area (Å²) in [4.78, 5) is 29.3. The minimum atomic E-state index is -0.0596. The number of para-hydroxylation sites is 2. The van der Waals surface area contributed by atoms with Gasteiger partial charge in [0.15, 0.2) is 6.54 Å². The van der Waals surface area contributed by atoms with Crippen LogP contribution in [0.1, 0.15) is 106 Å². The molecule has 1 fully saturated rings. The number of unbranched alkanes of at least 4 members (excludes halogenated alkanes) is 6. The Balaban J connectivity index is 1.51. The number of likely N-dealkylation sites (tertiary alicyclic amines) is 1. The number of nitrogens with one attached hydrogen (secondary N) is 2. The molecule has 1 heterocycles. The van der Waals surface area contributed by atoms with Crippen LogP contribution in [0, 0.1) is 27.7 Å². The quantitative estimate of drug-likeness (QED) is 0.109. The third-order valence-electron chi connectivity index (χ3n) is 10.0. The van der Waals surface area contributed by atoms with Gasteiger partial charge in [0.25, 0.3) is 5.91 Å². The van der Waals surface area contributed by atoms with E-state index in [2.05, 4.69) is 48.4 Å². The Hall–Kier alpha value is -2.74. The summed E-state index contributed by atoms with van der Waals surface area (Å²) in [7, 11) is 0. The molecule has 2 aromatic rings. The van der Waals surface area contributed by atoms with Gasteiger partial charge in [-0.25, -0.2) is 0 Å². The number of hydrogen-bond donors (Lipinski definition) is 3. The van der Waals surface area contributed by atoms with E-state index in [1.165, 1.54) is 6.42 Å². The van der Waals surface area contributed by atoms with Crippen molar-refractivity contribution in [2.75, 3.05) is 56.5 Å². The monoisotopic (exact) mass is 635 g/mol. The number of hydrogen-bond acceptors (Lipinski definition) is 4. The van der Waals surface area contributed by atoms with Gasteiger partial charge in [-0.1, -0.05) is 75.4 Å². The first kappa shape index (κ1) is 37.7. The second kappa shape index (κ2) is 19.8. The summed E-state index contributed by atoms with van der Waals surface area (Å²) in [6.07, 6.45) is 13.3. The molecule has 3 N–H and O–H groups in total. The Morgan fingerprint density at radius 2 is 1.33 bits per heavy atom. The molecule has 2 amide bonds. The lowest BCUT2D eigenvalue weighted by molar-refractivity contribution is -0.921. The molecule has 46 heavy (non-hydrogen) atoms. The van der Waals surface area contributed by atoms with Crippen LogP contribution in [0.5, 0.6) is 0 Å². The molecule has 1 aliphatic rings. The molecule has 2 atom stereocenters. The summed E-state index contributed by atoms with van der Waals surface area (Å²) >= 11 is 0. The summed E-state index contributed by atoms with van der Waals surface area (Å²) in [6, 6.07) is 12.2. The number of rotatable bonds is 19. The van der Waals surface area contributed by atoms with Crippen LogP contribution in [-0.4, -0.2) is 78.2 Å². The predicted octanol–water partition coefficient (Wildman–Crippen LogP) is 7.69. The van der Waals surface area contributed by atoms with E-state index in [1.54, 1.807) is 0 Å². The van der Waals surface area contributed by atoms with E-state index in [0.717, 1.165) is 130 Å². The molecule has 3 rings (SSSR count). The minimum Gasteiger partial charge on any atom is -0.391 e. The van der Waals surface area contributed by atoms with Gasteiger partial charge in [0.1, 0.15) is 6.54 Å². The predicted molar refractivity (Wildman–Crippen MR) is 192 cm³/mol. The number of carbonyl (C=O) groups excluding carboxylic acids is 2. The lowest BCUT2D eigenvalue weighted by atomic mass is 10.1. The summed E-state index contributed by atoms with van der Waals surface area (Å²) in [6.45, 7) is 15.3. The number of carbonyl (C=O) groups is 2. The maximum absolute atomic E-state index is 13.5. The molecular formula is C39H63N4O3+. The van der Waals surface area contributed by atoms with Crippen LogP contribution in [0.3, 0.4) is 0 Å². The second-order valence-electron chi connectivity index (χ2n) is 13.8. The normalized spacial score (nSPS) is 16.9. The second-order valence-corrected chi connectivity index (χ2v) is 13.8. The van der Waals surface area contributed by atoms with Crippen LogP contribution < -0.4 is 10.6 Å². The van der Waals surface area contributed by atoms with E-state index in [1.807, 2.05) is 38.1 Å². The highest BCUT2D eigenvalue weighted by Crippen LogP contribution is 2.24. The lowest BCUT2D eigenvalue weighted by Crippen LogP contribution is -2.55. The zero-order valence-electron chi connectivity index (χ0n) is 29.6. The Labute approximate surface area is 279 Å². The van der Waals surface area contributed by atoms with Gasteiger partial charge in [0.2, 0.25) is 5.91 Å². The van der Waals surface area contributed by atoms with Gasteiger partial charge in [0, 0.05) is 11.4 Å². The number of nitrogens with zero attached hydrogens (tertiary/aromatic N) is 2. The topological polar surface area (TPSA) is 81.7 Å². The van der Waals surface area contributed by atoms with Crippen LogP contribution in [-0.2, 0) is 9.59 Å². The summed E-state index contributed by atoms with van der Waals surface area (Å²) < 4.78 is 0.651. The molecule has 0 spiro atoms. The average molecular weight is 636 g/mol. The Bertz CT molecular complexity index is 1190. The van der Waals surface area contributed by atoms with Gasteiger partial charge in [0.05, 0.1) is 25.7 Å². The molecule has 0 aliphatic carbocycles. The zero-order valence-corrected chi connectivity index (χ0v) is 29.6. The number of quaternary nitrogens is 1. The Morgan fingerprint density at radius 3 is 1.93 bits per heavy atom. The van der Waals surface area contributed by atoms with Gasteiger partial charge in [-0.15, -0.1) is 0 Å². The zero-order chi connectivity index (χ0) is 33.4. The van der Waals surface area contributed by atoms with Crippen molar-refractivity contribution < 1.29 is 19.2 Å². The van der Waals surface area contributed by atoms with E-state index < -0.39 is 0 Å². The van der Waals surface area contributed by atoms with Crippen LogP contribution in [0.15, 0.2) is 36.4 Å². The largest absolute Gasteiger partial charge is 0.391 e. The van der Waals surface area contributed by atoms with Crippen LogP contribution in [0.25, 0.3) is 0 Å². The Kier molecular flexibility index (Phi) is 16.2. The maximum atomic E-state index is 13.5. The first-order valence-electron chi connectivity index (χ1n) is 18.1. The van der Waals surface area contributed by atoms with E-state index >= 15 is 0 Å². The standard InChI is InChI=1S/C39H62N4O3/c1-6-7-15-26-43(28-29-44,30-36(45)40-37-31(2)19-17-20-32(37)3)27-16-10-8-9-13-24-42-25-14-11-12-23-35(42)39(46)41-38-33(4)21-18-22-34(38)5/h17-22,35,44H,6-16,23-30H2,1-5H3,(H-,40,41,45,46)/p+1. The molecule has 0 radical (unpaired) electrons. The molecule has 7 heteroatoms. The molecule has 0 bridgehead atoms. The van der Waals surface area contributed by atoms with Crippen molar-refractivity contribution in [3.63, 3.8) is 0 Å². The first-order chi connectivity index (χ1) is 22.2. The lowest BCUT2D eigenvalue weighted by Gasteiger charge is -2.38. The van der Waals surface area contributed by atoms with E-state index in [-0.39, 0.29) is 24.5 Å². The summed E-state index contributed by atoms with van der Waals surface area (Å²) in [5, 5.41) is 16.5. The van der Waals surface area contributed by atoms with E-state index in [9.17, 15) is 14.7 Å². The molecule has 256 valence electrons. The molecule has 1 aliphatic heterocycles. The number of amides is 2. The van der Waals surface area contributed by atoms with E-state index in [0.29, 0.717) is 17.6 Å². The molecule has 7 nitrogen and oxygen atoms in total.